The summed E-state index contributed by atoms with van der Waals surface area (Å²) in [5.74, 6) is -0.540. The molecule has 6 heteroatoms. The summed E-state index contributed by atoms with van der Waals surface area (Å²) in [7, 11) is -3.77. The lowest BCUT2D eigenvalue weighted by Crippen LogP contribution is -2.34. The molecule has 0 saturated carbocycles. The van der Waals surface area contributed by atoms with Crippen molar-refractivity contribution in [2.45, 2.75) is 25.2 Å². The second kappa shape index (κ2) is 6.83. The van der Waals surface area contributed by atoms with Gasteiger partial charge in [0.2, 0.25) is 5.91 Å². The van der Waals surface area contributed by atoms with Crippen molar-refractivity contribution >= 4 is 21.6 Å². The number of rotatable bonds is 6. The molecule has 23 heavy (non-hydrogen) atoms. The first-order valence-electron chi connectivity index (χ1n) is 7.25. The smallest absolute Gasteiger partial charge is 0.264 e. The van der Waals surface area contributed by atoms with Crippen LogP contribution in [0.2, 0.25) is 0 Å². The van der Waals surface area contributed by atoms with Crippen LogP contribution in [0.4, 0.5) is 5.69 Å². The normalized spacial score (nSPS) is 11.2. The lowest BCUT2D eigenvalue weighted by molar-refractivity contribution is -0.117. The van der Waals surface area contributed by atoms with E-state index in [1.807, 2.05) is 13.0 Å². The molecule has 0 unspecified atom stereocenters. The number of amides is 1. The standard InChI is InChI=1S/C17H20N2O3S/c1-13-8-9-16(14(2)12-13)23(21,22)19(11-10-17(18)20)15-6-4-3-5-7-15/h3-9,12H,10-11H2,1-2H3,(H2,18,20). The number of para-hydroxylation sites is 1. The Kier molecular flexibility index (Phi) is 5.05. The van der Waals surface area contributed by atoms with Crippen LogP contribution < -0.4 is 10.0 Å². The predicted octanol–water partition coefficient (Wildman–Crippen LogP) is 2.37. The van der Waals surface area contributed by atoms with Gasteiger partial charge in [-0.25, -0.2) is 8.42 Å². The first kappa shape index (κ1) is 17.0. The molecule has 0 aliphatic carbocycles. The van der Waals surface area contributed by atoms with E-state index in [9.17, 15) is 13.2 Å². The third-order valence-corrected chi connectivity index (χ3v) is 5.49. The lowest BCUT2D eigenvalue weighted by Gasteiger charge is -2.25. The second-order valence-electron chi connectivity index (χ2n) is 5.40. The van der Waals surface area contributed by atoms with Crippen molar-refractivity contribution in [3.05, 3.63) is 59.7 Å². The molecule has 0 saturated heterocycles. The molecule has 0 atom stereocenters. The van der Waals surface area contributed by atoms with Crippen LogP contribution in [0.3, 0.4) is 0 Å². The van der Waals surface area contributed by atoms with Gasteiger partial charge in [0.15, 0.2) is 0 Å². The third-order valence-electron chi connectivity index (χ3n) is 3.50. The van der Waals surface area contributed by atoms with E-state index in [1.165, 1.54) is 4.31 Å². The lowest BCUT2D eigenvalue weighted by atomic mass is 10.2. The number of anilines is 1. The Balaban J connectivity index is 2.50. The molecular formula is C17H20N2O3S. The fourth-order valence-corrected chi connectivity index (χ4v) is 4.08. The number of carbonyl (C=O) groups excluding carboxylic acids is 1. The summed E-state index contributed by atoms with van der Waals surface area (Å²) in [6.07, 6.45) is -0.0426. The summed E-state index contributed by atoms with van der Waals surface area (Å²) in [6.45, 7) is 3.68. The highest BCUT2D eigenvalue weighted by Gasteiger charge is 2.26. The molecule has 0 fully saturated rings. The van der Waals surface area contributed by atoms with Crippen LogP contribution in [-0.4, -0.2) is 20.9 Å². The number of hydrogen-bond acceptors (Lipinski definition) is 3. The molecule has 5 nitrogen and oxygen atoms in total. The maximum Gasteiger partial charge on any atom is 0.264 e. The van der Waals surface area contributed by atoms with Gasteiger partial charge in [0.25, 0.3) is 10.0 Å². The Bertz CT molecular complexity index is 802. The Hall–Kier alpha value is -2.34. The molecule has 1 amide bonds. The van der Waals surface area contributed by atoms with Gasteiger partial charge in [-0.15, -0.1) is 0 Å². The minimum atomic E-state index is -3.77. The van der Waals surface area contributed by atoms with Gasteiger partial charge in [-0.1, -0.05) is 35.9 Å². The van der Waals surface area contributed by atoms with Gasteiger partial charge in [-0.05, 0) is 37.6 Å². The van der Waals surface area contributed by atoms with Gasteiger partial charge < -0.3 is 5.73 Å². The van der Waals surface area contributed by atoms with Crippen molar-refractivity contribution in [1.29, 1.82) is 0 Å². The quantitative estimate of drug-likeness (QED) is 0.882. The maximum atomic E-state index is 13.1. The predicted molar refractivity (Wildman–Crippen MR) is 90.7 cm³/mol. The number of nitrogens with zero attached hydrogens (tertiary/aromatic N) is 1. The van der Waals surface area contributed by atoms with Crippen LogP contribution in [0.15, 0.2) is 53.4 Å². The number of primary amides is 1. The van der Waals surface area contributed by atoms with Crippen LogP contribution >= 0.6 is 0 Å². The summed E-state index contributed by atoms with van der Waals surface area (Å²) >= 11 is 0. The average Bonchev–Trinajstić information content (AvgIpc) is 2.47. The first-order valence-corrected chi connectivity index (χ1v) is 8.69. The Labute approximate surface area is 136 Å². The Morgan fingerprint density at radius 2 is 1.74 bits per heavy atom. The molecule has 0 spiro atoms. The summed E-state index contributed by atoms with van der Waals surface area (Å²) in [6, 6.07) is 13.9. The molecule has 0 aromatic heterocycles. The van der Waals surface area contributed by atoms with Crippen molar-refractivity contribution in [3.63, 3.8) is 0 Å². The highest BCUT2D eigenvalue weighted by Crippen LogP contribution is 2.26. The van der Waals surface area contributed by atoms with Crippen LogP contribution in [0.1, 0.15) is 17.5 Å². The highest BCUT2D eigenvalue weighted by molar-refractivity contribution is 7.92. The third kappa shape index (κ3) is 3.90. The minimum Gasteiger partial charge on any atom is -0.370 e. The van der Waals surface area contributed by atoms with Gasteiger partial charge in [0, 0.05) is 13.0 Å². The van der Waals surface area contributed by atoms with Crippen molar-refractivity contribution in [1.82, 2.24) is 0 Å². The number of nitrogens with two attached hydrogens (primary N) is 1. The van der Waals surface area contributed by atoms with E-state index in [0.717, 1.165) is 5.56 Å². The van der Waals surface area contributed by atoms with Gasteiger partial charge in [0.1, 0.15) is 0 Å². The zero-order chi connectivity index (χ0) is 17.0. The Morgan fingerprint density at radius 1 is 1.09 bits per heavy atom. The van der Waals surface area contributed by atoms with Crippen LogP contribution in [0.25, 0.3) is 0 Å². The molecule has 0 aliphatic heterocycles. The van der Waals surface area contributed by atoms with E-state index in [0.29, 0.717) is 11.3 Å². The fraction of sp³-hybridized carbons (Fsp3) is 0.235. The number of sulfonamides is 1. The Morgan fingerprint density at radius 3 is 2.30 bits per heavy atom. The molecule has 0 bridgehead atoms. The molecule has 0 aliphatic rings. The van der Waals surface area contributed by atoms with Gasteiger partial charge in [-0.2, -0.15) is 0 Å². The van der Waals surface area contributed by atoms with E-state index < -0.39 is 15.9 Å². The maximum absolute atomic E-state index is 13.1. The summed E-state index contributed by atoms with van der Waals surface area (Å²) < 4.78 is 27.3. The van der Waals surface area contributed by atoms with Gasteiger partial charge in [0.05, 0.1) is 10.6 Å². The van der Waals surface area contributed by atoms with E-state index in [4.69, 9.17) is 5.73 Å². The highest BCUT2D eigenvalue weighted by atomic mass is 32.2. The zero-order valence-electron chi connectivity index (χ0n) is 13.2. The SMILES string of the molecule is Cc1ccc(S(=O)(=O)N(CCC(N)=O)c2ccccc2)c(C)c1. The minimum absolute atomic E-state index is 0.00893. The second-order valence-corrected chi connectivity index (χ2v) is 7.23. The average molecular weight is 332 g/mol. The van der Waals surface area contributed by atoms with Crippen molar-refractivity contribution in [2.75, 3.05) is 10.8 Å². The van der Waals surface area contributed by atoms with Gasteiger partial charge in [-0.3, -0.25) is 9.10 Å². The van der Waals surface area contributed by atoms with E-state index in [1.54, 1.807) is 49.4 Å². The molecule has 2 aromatic rings. The largest absolute Gasteiger partial charge is 0.370 e. The fourth-order valence-electron chi connectivity index (χ4n) is 2.40. The van der Waals surface area contributed by atoms with Crippen molar-refractivity contribution in [2.24, 2.45) is 5.73 Å². The molecule has 0 heterocycles. The number of benzene rings is 2. The van der Waals surface area contributed by atoms with Crippen molar-refractivity contribution < 1.29 is 13.2 Å². The molecule has 2 aromatic carbocycles. The molecule has 122 valence electrons. The van der Waals surface area contributed by atoms with Crippen LogP contribution in [0, 0.1) is 13.8 Å². The zero-order valence-corrected chi connectivity index (χ0v) is 14.0. The van der Waals surface area contributed by atoms with Crippen LogP contribution in [0.5, 0.6) is 0 Å². The van der Waals surface area contributed by atoms with E-state index >= 15 is 0 Å². The summed E-state index contributed by atoms with van der Waals surface area (Å²) in [5, 5.41) is 0. The van der Waals surface area contributed by atoms with Gasteiger partial charge >= 0.3 is 0 Å². The van der Waals surface area contributed by atoms with Crippen LogP contribution in [-0.2, 0) is 14.8 Å². The first-order chi connectivity index (χ1) is 10.8. The number of aryl methyl sites for hydroxylation is 2. The summed E-state index contributed by atoms with van der Waals surface area (Å²) in [5.41, 5.74) is 7.36. The van der Waals surface area contributed by atoms with E-state index in [-0.39, 0.29) is 17.9 Å². The number of carbonyl (C=O) groups is 1. The van der Waals surface area contributed by atoms with Crippen molar-refractivity contribution in [3.8, 4) is 0 Å². The molecular weight excluding hydrogens is 312 g/mol. The van der Waals surface area contributed by atoms with E-state index in [2.05, 4.69) is 0 Å². The topological polar surface area (TPSA) is 80.5 Å². The molecule has 2 rings (SSSR count). The summed E-state index contributed by atoms with van der Waals surface area (Å²) in [4.78, 5) is 11.3. The molecule has 0 radical (unpaired) electrons. The molecule has 2 N–H and O–H groups in total. The monoisotopic (exact) mass is 332 g/mol. The number of hydrogen-bond donors (Lipinski definition) is 1.